The van der Waals surface area contributed by atoms with E-state index >= 15 is 0 Å². The first-order valence-corrected chi connectivity index (χ1v) is 8.00. The van der Waals surface area contributed by atoms with E-state index in [9.17, 15) is 0 Å². The number of nitrogens with one attached hydrogen (secondary N) is 1. The van der Waals surface area contributed by atoms with Crippen molar-refractivity contribution < 1.29 is 19.7 Å². The topological polar surface area (TPSA) is 65.3 Å². The lowest BCUT2D eigenvalue weighted by Crippen LogP contribution is -3.20. The molecule has 122 valence electrons. The summed E-state index contributed by atoms with van der Waals surface area (Å²) in [6.07, 6.45) is 0. The molecule has 6 nitrogen and oxygen atoms in total. The van der Waals surface area contributed by atoms with E-state index in [-0.39, 0.29) is 6.04 Å². The largest absolute Gasteiger partial charge is 0.481 e. The summed E-state index contributed by atoms with van der Waals surface area (Å²) in [6, 6.07) is 12.3. The van der Waals surface area contributed by atoms with E-state index < -0.39 is 0 Å². The molecule has 3 N–H and O–H groups in total. The van der Waals surface area contributed by atoms with Crippen molar-refractivity contribution in [1.82, 2.24) is 9.97 Å². The normalized spacial score (nSPS) is 16.8. The summed E-state index contributed by atoms with van der Waals surface area (Å²) in [6.45, 7) is 4.42. The fourth-order valence-corrected chi connectivity index (χ4v) is 3.10. The molecule has 1 aromatic carbocycles. The van der Waals surface area contributed by atoms with E-state index in [4.69, 9.17) is 9.47 Å². The Morgan fingerprint density at radius 3 is 2.17 bits per heavy atom. The quantitative estimate of drug-likeness (QED) is 0.746. The molecule has 0 amide bonds. The van der Waals surface area contributed by atoms with Crippen LogP contribution in [0.4, 0.5) is 0 Å². The van der Waals surface area contributed by atoms with E-state index in [1.165, 1.54) is 10.5 Å². The fraction of sp³-hybridized carbons (Fsp3) is 0.412. The lowest BCUT2D eigenvalue weighted by molar-refractivity contribution is -0.968. The SMILES string of the molecule is COc1cc(OC)nc([C@H](c2ccccc2)[NH+]2CC[NH2+]CC2)n1. The summed E-state index contributed by atoms with van der Waals surface area (Å²) in [5.74, 6) is 1.83. The number of aromatic nitrogens is 2. The number of rotatable bonds is 5. The summed E-state index contributed by atoms with van der Waals surface area (Å²) < 4.78 is 10.6. The van der Waals surface area contributed by atoms with Gasteiger partial charge in [0.1, 0.15) is 26.2 Å². The van der Waals surface area contributed by atoms with Gasteiger partial charge in [0.15, 0.2) is 11.9 Å². The van der Waals surface area contributed by atoms with Gasteiger partial charge >= 0.3 is 0 Å². The molecule has 1 aliphatic heterocycles. The minimum absolute atomic E-state index is 0.0916. The van der Waals surface area contributed by atoms with Gasteiger partial charge in [0, 0.05) is 5.56 Å². The van der Waals surface area contributed by atoms with Crippen LogP contribution < -0.4 is 19.7 Å². The van der Waals surface area contributed by atoms with Gasteiger partial charge in [-0.05, 0) is 0 Å². The zero-order chi connectivity index (χ0) is 16.1. The Morgan fingerprint density at radius 2 is 1.61 bits per heavy atom. The predicted octanol–water partition coefficient (Wildman–Crippen LogP) is -0.955. The van der Waals surface area contributed by atoms with Crippen LogP contribution >= 0.6 is 0 Å². The Labute approximate surface area is 136 Å². The molecule has 3 rings (SSSR count). The molecular formula is C17H24N4O2+2. The van der Waals surface area contributed by atoms with Gasteiger partial charge in [-0.15, -0.1) is 0 Å². The van der Waals surface area contributed by atoms with Gasteiger partial charge in [0.25, 0.3) is 0 Å². The van der Waals surface area contributed by atoms with Crippen molar-refractivity contribution >= 4 is 0 Å². The molecule has 1 fully saturated rings. The number of nitrogens with zero attached hydrogens (tertiary/aromatic N) is 2. The molecule has 0 aliphatic carbocycles. The van der Waals surface area contributed by atoms with Gasteiger partial charge in [-0.1, -0.05) is 30.3 Å². The number of nitrogens with two attached hydrogens (primary N) is 1. The van der Waals surface area contributed by atoms with Crippen molar-refractivity contribution in [3.63, 3.8) is 0 Å². The summed E-state index contributed by atoms with van der Waals surface area (Å²) in [7, 11) is 3.23. The van der Waals surface area contributed by atoms with Gasteiger partial charge in [-0.2, -0.15) is 9.97 Å². The molecule has 0 saturated carbocycles. The number of quaternary nitrogens is 2. The Morgan fingerprint density at radius 1 is 1.00 bits per heavy atom. The Hall–Kier alpha value is -2.18. The number of methoxy groups -OCH3 is 2. The molecule has 1 aliphatic rings. The van der Waals surface area contributed by atoms with Crippen molar-refractivity contribution in [2.24, 2.45) is 0 Å². The van der Waals surface area contributed by atoms with Gasteiger partial charge in [0.05, 0.1) is 20.3 Å². The van der Waals surface area contributed by atoms with Gasteiger partial charge in [-0.25, -0.2) is 0 Å². The molecule has 23 heavy (non-hydrogen) atoms. The molecule has 0 radical (unpaired) electrons. The van der Waals surface area contributed by atoms with E-state index in [2.05, 4.69) is 39.6 Å². The standard InChI is InChI=1S/C17H22N4O2/c1-22-14-12-15(23-2)20-17(19-14)16(13-6-4-3-5-7-13)21-10-8-18-9-11-21/h3-7,12,16,18H,8-11H2,1-2H3/p+2/t16-/m0/s1. The highest BCUT2D eigenvalue weighted by atomic mass is 16.5. The number of hydrogen-bond donors (Lipinski definition) is 2. The molecule has 2 aromatic rings. The second-order valence-corrected chi connectivity index (χ2v) is 5.68. The Balaban J connectivity index is 2.04. The second kappa shape index (κ2) is 7.39. The highest BCUT2D eigenvalue weighted by molar-refractivity contribution is 5.27. The number of hydrogen-bond acceptors (Lipinski definition) is 4. The molecule has 0 bridgehead atoms. The molecule has 1 atom stereocenters. The predicted molar refractivity (Wildman–Crippen MR) is 85.8 cm³/mol. The Kier molecular flexibility index (Phi) is 5.05. The highest BCUT2D eigenvalue weighted by Crippen LogP contribution is 2.22. The van der Waals surface area contributed by atoms with Crippen molar-refractivity contribution in [2.45, 2.75) is 6.04 Å². The molecule has 6 heteroatoms. The van der Waals surface area contributed by atoms with E-state index in [1.54, 1.807) is 20.3 Å². The summed E-state index contributed by atoms with van der Waals surface area (Å²) in [5.41, 5.74) is 1.22. The third-order valence-corrected chi connectivity index (χ3v) is 4.25. The minimum atomic E-state index is 0.0916. The Bertz CT molecular complexity index is 607. The monoisotopic (exact) mass is 316 g/mol. The summed E-state index contributed by atoms with van der Waals surface area (Å²) >= 11 is 0. The molecule has 1 saturated heterocycles. The highest BCUT2D eigenvalue weighted by Gasteiger charge is 2.32. The van der Waals surface area contributed by atoms with Gasteiger partial charge in [0.2, 0.25) is 11.8 Å². The van der Waals surface area contributed by atoms with Crippen molar-refractivity contribution in [2.75, 3.05) is 40.4 Å². The van der Waals surface area contributed by atoms with Crippen molar-refractivity contribution in [3.05, 3.63) is 47.8 Å². The lowest BCUT2D eigenvalue weighted by Gasteiger charge is -2.29. The smallest absolute Gasteiger partial charge is 0.220 e. The number of piperazine rings is 1. The third kappa shape index (κ3) is 3.60. The fourth-order valence-electron chi connectivity index (χ4n) is 3.10. The number of ether oxygens (including phenoxy) is 2. The minimum Gasteiger partial charge on any atom is -0.481 e. The maximum absolute atomic E-state index is 5.32. The first-order valence-electron chi connectivity index (χ1n) is 8.00. The molecule has 1 aromatic heterocycles. The van der Waals surface area contributed by atoms with Crippen LogP contribution in [-0.2, 0) is 0 Å². The first kappa shape index (κ1) is 15.7. The van der Waals surface area contributed by atoms with Crippen molar-refractivity contribution in [3.8, 4) is 11.8 Å². The van der Waals surface area contributed by atoms with E-state index in [1.807, 2.05) is 6.07 Å². The zero-order valence-electron chi connectivity index (χ0n) is 13.7. The van der Waals surface area contributed by atoms with Crippen LogP contribution in [0.25, 0.3) is 0 Å². The number of benzene rings is 1. The van der Waals surface area contributed by atoms with Crippen LogP contribution in [0.2, 0.25) is 0 Å². The summed E-state index contributed by atoms with van der Waals surface area (Å²) in [4.78, 5) is 10.7. The molecular weight excluding hydrogens is 292 g/mol. The molecule has 0 unspecified atom stereocenters. The zero-order valence-corrected chi connectivity index (χ0v) is 13.7. The van der Waals surface area contributed by atoms with Gasteiger partial charge < -0.3 is 19.7 Å². The van der Waals surface area contributed by atoms with Crippen LogP contribution in [0.1, 0.15) is 17.4 Å². The van der Waals surface area contributed by atoms with Crippen LogP contribution in [0.5, 0.6) is 11.8 Å². The van der Waals surface area contributed by atoms with Crippen LogP contribution in [-0.4, -0.2) is 50.4 Å². The lowest BCUT2D eigenvalue weighted by atomic mass is 10.0. The average molecular weight is 316 g/mol. The molecule has 2 heterocycles. The first-order chi connectivity index (χ1) is 11.3. The maximum Gasteiger partial charge on any atom is 0.220 e. The van der Waals surface area contributed by atoms with Crippen LogP contribution in [0, 0.1) is 0 Å². The van der Waals surface area contributed by atoms with E-state index in [0.29, 0.717) is 11.8 Å². The van der Waals surface area contributed by atoms with Crippen molar-refractivity contribution in [1.29, 1.82) is 0 Å². The maximum atomic E-state index is 5.32. The average Bonchev–Trinajstić information content (AvgIpc) is 2.63. The third-order valence-electron chi connectivity index (χ3n) is 4.25. The second-order valence-electron chi connectivity index (χ2n) is 5.68. The van der Waals surface area contributed by atoms with Gasteiger partial charge in [-0.3, -0.25) is 0 Å². The summed E-state index contributed by atoms with van der Waals surface area (Å²) in [5, 5.41) is 2.36. The van der Waals surface area contributed by atoms with Crippen LogP contribution in [0.15, 0.2) is 36.4 Å². The van der Waals surface area contributed by atoms with Crippen LogP contribution in [0.3, 0.4) is 0 Å². The molecule has 0 spiro atoms. The van der Waals surface area contributed by atoms with E-state index in [0.717, 1.165) is 32.0 Å².